The molecule has 0 fully saturated rings. The Morgan fingerprint density at radius 2 is 1.97 bits per heavy atom. The second-order valence-corrected chi connectivity index (χ2v) is 7.72. The highest BCUT2D eigenvalue weighted by Gasteiger charge is 2.13. The normalized spacial score (nSPS) is 12.5. The van der Waals surface area contributed by atoms with Gasteiger partial charge in [0, 0.05) is 24.9 Å². The van der Waals surface area contributed by atoms with Gasteiger partial charge in [0.2, 0.25) is 21.9 Å². The number of ether oxygens (including phenoxy) is 1. The molecule has 2 heterocycles. The number of hydrogen-bond acceptors (Lipinski definition) is 10. The molecule has 3 rings (SSSR count). The van der Waals surface area contributed by atoms with E-state index in [9.17, 15) is 8.42 Å². The van der Waals surface area contributed by atoms with Crippen molar-refractivity contribution in [1.82, 2.24) is 24.7 Å². The zero-order chi connectivity index (χ0) is 21.0. The molecule has 12 nitrogen and oxygen atoms in total. The fourth-order valence-electron chi connectivity index (χ4n) is 2.49. The van der Waals surface area contributed by atoms with E-state index in [-0.39, 0.29) is 22.8 Å². The van der Waals surface area contributed by atoms with Crippen LogP contribution in [0, 0.1) is 0 Å². The number of aromatic nitrogens is 5. The number of methoxy groups -OCH3 is 1. The Labute approximate surface area is 167 Å². The second-order valence-electron chi connectivity index (χ2n) is 6.16. The van der Waals surface area contributed by atoms with Crippen LogP contribution in [0.1, 0.15) is 6.92 Å². The maximum atomic E-state index is 11.3. The van der Waals surface area contributed by atoms with Crippen molar-refractivity contribution in [2.45, 2.75) is 17.9 Å². The van der Waals surface area contributed by atoms with Crippen molar-refractivity contribution in [3.8, 4) is 5.82 Å². The molecule has 1 atom stereocenters. The van der Waals surface area contributed by atoms with Crippen LogP contribution in [0.3, 0.4) is 0 Å². The summed E-state index contributed by atoms with van der Waals surface area (Å²) in [7, 11) is -2.14. The van der Waals surface area contributed by atoms with Crippen LogP contribution in [0.2, 0.25) is 0 Å². The van der Waals surface area contributed by atoms with Gasteiger partial charge in [-0.3, -0.25) is 0 Å². The smallest absolute Gasteiger partial charge is 0.248 e. The summed E-state index contributed by atoms with van der Waals surface area (Å²) in [5.74, 6) is 1.34. The maximum absolute atomic E-state index is 11.3. The van der Waals surface area contributed by atoms with Crippen molar-refractivity contribution in [3.05, 3.63) is 36.7 Å². The maximum Gasteiger partial charge on any atom is 0.248 e. The highest BCUT2D eigenvalue weighted by Crippen LogP contribution is 2.19. The SMILES string of the molecule is COCC(C)Nc1cc(-n2nc(Nc3ccc(S(N)(=O)=O)cc3)nc2N)ncn1. The largest absolute Gasteiger partial charge is 0.383 e. The minimum Gasteiger partial charge on any atom is -0.383 e. The third kappa shape index (κ3) is 5.16. The highest BCUT2D eigenvalue weighted by molar-refractivity contribution is 7.89. The van der Waals surface area contributed by atoms with E-state index in [1.165, 1.54) is 23.1 Å². The molecule has 2 aromatic heterocycles. The van der Waals surface area contributed by atoms with Crippen LogP contribution >= 0.6 is 0 Å². The quantitative estimate of drug-likeness (QED) is 0.401. The van der Waals surface area contributed by atoms with E-state index in [4.69, 9.17) is 15.6 Å². The Bertz CT molecular complexity index is 1080. The van der Waals surface area contributed by atoms with Crippen LogP contribution in [0.4, 0.5) is 23.4 Å². The standard InChI is InChI=1S/C16H21N9O3S/c1-10(8-28-2)21-13-7-14(20-9-19-13)25-15(17)23-16(24-25)22-11-3-5-12(6-4-11)29(18,26)27/h3-7,9-10H,8H2,1-2H3,(H2,18,26,27)(H,19,20,21)(H3,17,22,23,24). The fraction of sp³-hybridized carbons (Fsp3) is 0.250. The van der Waals surface area contributed by atoms with Crippen molar-refractivity contribution in [1.29, 1.82) is 0 Å². The van der Waals surface area contributed by atoms with Crippen LogP contribution < -0.4 is 21.5 Å². The first-order valence-corrected chi connectivity index (χ1v) is 10.0. The molecule has 0 saturated carbocycles. The van der Waals surface area contributed by atoms with E-state index in [0.717, 1.165) is 0 Å². The number of nitrogens with two attached hydrogens (primary N) is 2. The minimum atomic E-state index is -3.76. The lowest BCUT2D eigenvalue weighted by Gasteiger charge is -2.13. The number of nitrogens with one attached hydrogen (secondary N) is 2. The van der Waals surface area contributed by atoms with Gasteiger partial charge in [-0.1, -0.05) is 0 Å². The van der Waals surface area contributed by atoms with Gasteiger partial charge < -0.3 is 21.1 Å². The zero-order valence-electron chi connectivity index (χ0n) is 15.8. The van der Waals surface area contributed by atoms with Crippen LogP contribution in [0.25, 0.3) is 5.82 Å². The summed E-state index contributed by atoms with van der Waals surface area (Å²) < 4.78 is 29.1. The fourth-order valence-corrected chi connectivity index (χ4v) is 3.00. The van der Waals surface area contributed by atoms with Gasteiger partial charge >= 0.3 is 0 Å². The van der Waals surface area contributed by atoms with Gasteiger partial charge in [-0.25, -0.2) is 23.5 Å². The molecule has 154 valence electrons. The molecule has 13 heteroatoms. The van der Waals surface area contributed by atoms with E-state index in [1.807, 2.05) is 6.92 Å². The third-order valence-electron chi connectivity index (χ3n) is 3.75. The number of hydrogen-bond donors (Lipinski definition) is 4. The molecule has 0 aliphatic carbocycles. The lowest BCUT2D eigenvalue weighted by atomic mass is 10.3. The Balaban J connectivity index is 1.78. The summed E-state index contributed by atoms with van der Waals surface area (Å²) in [4.78, 5) is 12.5. The molecular formula is C16H21N9O3S. The molecule has 3 aromatic rings. The van der Waals surface area contributed by atoms with Gasteiger partial charge in [0.05, 0.1) is 11.5 Å². The Morgan fingerprint density at radius 3 is 2.62 bits per heavy atom. The number of rotatable bonds is 8. The van der Waals surface area contributed by atoms with Crippen LogP contribution in [0.5, 0.6) is 0 Å². The summed E-state index contributed by atoms with van der Waals surface area (Å²) >= 11 is 0. The lowest BCUT2D eigenvalue weighted by molar-refractivity contribution is 0.190. The first-order chi connectivity index (χ1) is 13.8. The number of benzene rings is 1. The molecule has 0 aliphatic heterocycles. The number of sulfonamides is 1. The molecule has 6 N–H and O–H groups in total. The summed E-state index contributed by atoms with van der Waals surface area (Å²) in [6, 6.07) is 7.57. The first-order valence-electron chi connectivity index (χ1n) is 8.46. The van der Waals surface area contributed by atoms with E-state index in [2.05, 4.69) is 30.7 Å². The van der Waals surface area contributed by atoms with Gasteiger partial charge in [-0.05, 0) is 31.2 Å². The molecule has 0 radical (unpaired) electrons. The minimum absolute atomic E-state index is 0.00442. The number of nitrogens with zero attached hydrogens (tertiary/aromatic N) is 5. The highest BCUT2D eigenvalue weighted by atomic mass is 32.2. The molecular weight excluding hydrogens is 398 g/mol. The molecule has 0 bridgehead atoms. The van der Waals surface area contributed by atoms with Crippen molar-refractivity contribution in [2.75, 3.05) is 30.1 Å². The van der Waals surface area contributed by atoms with E-state index < -0.39 is 10.0 Å². The Hall–Kier alpha value is -3.29. The topological polar surface area (TPSA) is 176 Å². The Morgan fingerprint density at radius 1 is 1.24 bits per heavy atom. The van der Waals surface area contributed by atoms with Gasteiger partial charge in [0.1, 0.15) is 12.1 Å². The first kappa shape index (κ1) is 20.4. The molecule has 1 aromatic carbocycles. The molecule has 0 aliphatic rings. The summed E-state index contributed by atoms with van der Waals surface area (Å²) in [5.41, 5.74) is 6.52. The Kier molecular flexibility index (Phi) is 5.91. The van der Waals surface area contributed by atoms with Crippen molar-refractivity contribution < 1.29 is 13.2 Å². The van der Waals surface area contributed by atoms with E-state index >= 15 is 0 Å². The summed E-state index contributed by atoms with van der Waals surface area (Å²) in [6.45, 7) is 2.47. The average molecular weight is 419 g/mol. The zero-order valence-corrected chi connectivity index (χ0v) is 16.6. The average Bonchev–Trinajstić information content (AvgIpc) is 3.02. The summed E-state index contributed by atoms with van der Waals surface area (Å²) in [6.07, 6.45) is 1.39. The van der Waals surface area contributed by atoms with Crippen LogP contribution in [-0.4, -0.2) is 52.9 Å². The van der Waals surface area contributed by atoms with E-state index in [0.29, 0.717) is 23.9 Å². The predicted octanol–water partition coefficient (Wildman–Crippen LogP) is 0.477. The molecule has 0 spiro atoms. The van der Waals surface area contributed by atoms with Crippen LogP contribution in [-0.2, 0) is 14.8 Å². The van der Waals surface area contributed by atoms with Crippen molar-refractivity contribution in [3.63, 3.8) is 0 Å². The van der Waals surface area contributed by atoms with Gasteiger partial charge in [-0.2, -0.15) is 9.67 Å². The monoisotopic (exact) mass is 419 g/mol. The van der Waals surface area contributed by atoms with Gasteiger partial charge in [0.15, 0.2) is 5.82 Å². The lowest BCUT2D eigenvalue weighted by Crippen LogP contribution is -2.21. The molecule has 0 amide bonds. The molecule has 1 unspecified atom stereocenters. The van der Waals surface area contributed by atoms with Gasteiger partial charge in [0.25, 0.3) is 0 Å². The van der Waals surface area contributed by atoms with Crippen molar-refractivity contribution in [2.24, 2.45) is 5.14 Å². The molecule has 29 heavy (non-hydrogen) atoms. The predicted molar refractivity (Wildman–Crippen MR) is 107 cm³/mol. The number of anilines is 4. The summed E-state index contributed by atoms with van der Waals surface area (Å²) in [5, 5.41) is 15.5. The number of nitrogen functional groups attached to an aromatic ring is 1. The second kappa shape index (κ2) is 8.38. The van der Waals surface area contributed by atoms with Gasteiger partial charge in [-0.15, -0.1) is 5.10 Å². The molecule has 0 saturated heterocycles. The van der Waals surface area contributed by atoms with Crippen molar-refractivity contribution >= 4 is 33.4 Å². The third-order valence-corrected chi connectivity index (χ3v) is 4.68. The number of primary sulfonamides is 1. The van der Waals surface area contributed by atoms with E-state index in [1.54, 1.807) is 25.3 Å². The van der Waals surface area contributed by atoms with Crippen LogP contribution in [0.15, 0.2) is 41.6 Å².